The van der Waals surface area contributed by atoms with Crippen LogP contribution in [0.15, 0.2) is 42.2 Å². The molecular weight excluding hydrogens is 728 g/mol. The zero-order valence-electron chi connectivity index (χ0n) is 13.9. The molecule has 0 bridgehead atoms. The van der Waals surface area contributed by atoms with E-state index in [1.54, 1.807) is 12.1 Å². The highest BCUT2D eigenvalue weighted by Crippen LogP contribution is 2.51. The number of benzene rings is 2. The van der Waals surface area contributed by atoms with Gasteiger partial charge in [-0.05, 0) is 87.0 Å². The van der Waals surface area contributed by atoms with Gasteiger partial charge in [-0.1, -0.05) is 57.8 Å². The maximum absolute atomic E-state index is 9.59. The molecule has 0 aliphatic carbocycles. The SMILES string of the molecule is CC(C)(c1ccc(O)cc1)c1c(Br)c(Br)c(OCCC(Br)Br)c(Br)c1Br. The maximum Gasteiger partial charge on any atom is 0.149 e. The molecule has 2 aromatic carbocycles. The Labute approximate surface area is 204 Å². The standard InChI is InChI=1S/C18H16Br6O2/c1-18(2,9-3-5-10(25)6-4-9)12-13(21)15(23)17(16(24)14(12)22)26-8-7-11(19)20/h3-6,11,25H,7-8H2,1-2H3. The van der Waals surface area contributed by atoms with Crippen molar-refractivity contribution in [3.8, 4) is 11.5 Å². The van der Waals surface area contributed by atoms with E-state index in [0.717, 1.165) is 41.2 Å². The molecule has 0 fully saturated rings. The van der Waals surface area contributed by atoms with Crippen molar-refractivity contribution in [2.24, 2.45) is 0 Å². The molecule has 8 heteroatoms. The van der Waals surface area contributed by atoms with Crippen LogP contribution in [0, 0.1) is 0 Å². The van der Waals surface area contributed by atoms with Crippen LogP contribution >= 0.6 is 95.6 Å². The minimum absolute atomic E-state index is 0.215. The Morgan fingerprint density at radius 3 is 1.88 bits per heavy atom. The average molecular weight is 744 g/mol. The summed E-state index contributed by atoms with van der Waals surface area (Å²) in [6, 6.07) is 7.29. The second-order valence-electron chi connectivity index (χ2n) is 6.16. The Balaban J connectivity index is 2.51. The largest absolute Gasteiger partial charge is 0.508 e. The molecule has 0 unspecified atom stereocenters. The van der Waals surface area contributed by atoms with Gasteiger partial charge in [0.2, 0.25) is 0 Å². The molecule has 1 N–H and O–H groups in total. The highest BCUT2D eigenvalue weighted by atomic mass is 79.9. The van der Waals surface area contributed by atoms with Crippen LogP contribution in [0.5, 0.6) is 11.5 Å². The summed E-state index contributed by atoms with van der Waals surface area (Å²) in [5.74, 6) is 1.00. The van der Waals surface area contributed by atoms with E-state index in [9.17, 15) is 5.11 Å². The number of hydrogen-bond acceptors (Lipinski definition) is 2. The van der Waals surface area contributed by atoms with Crippen LogP contribution in [-0.4, -0.2) is 15.4 Å². The quantitative estimate of drug-likeness (QED) is 0.237. The highest BCUT2D eigenvalue weighted by molar-refractivity contribution is 9.24. The van der Waals surface area contributed by atoms with Crippen molar-refractivity contribution in [2.45, 2.75) is 29.4 Å². The normalized spacial score (nSPS) is 11.9. The van der Waals surface area contributed by atoms with Crippen LogP contribution in [-0.2, 0) is 5.41 Å². The predicted molar refractivity (Wildman–Crippen MR) is 129 cm³/mol. The molecule has 0 atom stereocenters. The van der Waals surface area contributed by atoms with Gasteiger partial charge in [-0.2, -0.15) is 0 Å². The molecule has 0 saturated heterocycles. The Bertz CT molecular complexity index is 758. The second-order valence-corrected chi connectivity index (χ2v) is 12.8. The first-order valence-corrected chi connectivity index (χ1v) is 12.6. The molecule has 0 aliphatic rings. The van der Waals surface area contributed by atoms with Crippen molar-refractivity contribution >= 4 is 95.6 Å². The lowest BCUT2D eigenvalue weighted by atomic mass is 9.78. The van der Waals surface area contributed by atoms with Gasteiger partial charge in [0.05, 0.1) is 19.3 Å². The van der Waals surface area contributed by atoms with Crippen molar-refractivity contribution in [1.82, 2.24) is 0 Å². The van der Waals surface area contributed by atoms with Gasteiger partial charge < -0.3 is 9.84 Å². The Hall–Kier alpha value is 0.920. The smallest absolute Gasteiger partial charge is 0.149 e. The summed E-state index contributed by atoms with van der Waals surface area (Å²) in [5.41, 5.74) is 1.85. The fourth-order valence-corrected chi connectivity index (χ4v) is 6.24. The summed E-state index contributed by atoms with van der Waals surface area (Å²) < 4.78 is 9.76. The Kier molecular flexibility index (Phi) is 8.58. The van der Waals surface area contributed by atoms with E-state index in [1.807, 2.05) is 12.1 Å². The Morgan fingerprint density at radius 1 is 0.923 bits per heavy atom. The molecule has 2 aromatic rings. The van der Waals surface area contributed by atoms with Crippen molar-refractivity contribution in [1.29, 1.82) is 0 Å². The van der Waals surface area contributed by atoms with E-state index < -0.39 is 0 Å². The lowest BCUT2D eigenvalue weighted by Crippen LogP contribution is -2.21. The number of aromatic hydroxyl groups is 1. The molecular formula is C18H16Br6O2. The molecule has 0 aromatic heterocycles. The number of ether oxygens (including phenoxy) is 1. The molecule has 26 heavy (non-hydrogen) atoms. The molecule has 0 saturated carbocycles. The van der Waals surface area contributed by atoms with Gasteiger partial charge in [0.1, 0.15) is 11.5 Å². The lowest BCUT2D eigenvalue weighted by molar-refractivity contribution is 0.312. The van der Waals surface area contributed by atoms with Crippen molar-refractivity contribution in [2.75, 3.05) is 6.61 Å². The van der Waals surface area contributed by atoms with Gasteiger partial charge in [0.25, 0.3) is 0 Å². The third-order valence-electron chi connectivity index (χ3n) is 4.02. The van der Waals surface area contributed by atoms with Gasteiger partial charge in [0, 0.05) is 20.8 Å². The van der Waals surface area contributed by atoms with Crippen LogP contribution in [0.4, 0.5) is 0 Å². The first-order chi connectivity index (χ1) is 12.1. The number of phenolic OH excluding ortho intramolecular Hbond substituents is 1. The number of phenols is 1. The molecule has 0 aliphatic heterocycles. The fourth-order valence-electron chi connectivity index (χ4n) is 2.56. The van der Waals surface area contributed by atoms with E-state index in [2.05, 4.69) is 109 Å². The van der Waals surface area contributed by atoms with E-state index in [4.69, 9.17) is 4.74 Å². The average Bonchev–Trinajstić information content (AvgIpc) is 2.56. The summed E-state index contributed by atoms with van der Waals surface area (Å²) >= 11 is 21.7. The van der Waals surface area contributed by atoms with Crippen LogP contribution in [0.1, 0.15) is 31.4 Å². The maximum atomic E-state index is 9.59. The highest BCUT2D eigenvalue weighted by Gasteiger charge is 2.32. The third-order valence-corrected chi connectivity index (χ3v) is 9.10. The molecule has 0 amide bonds. The predicted octanol–water partition coefficient (Wildman–Crippen LogP) is 8.65. The molecule has 0 heterocycles. The fraction of sp³-hybridized carbons (Fsp3) is 0.333. The van der Waals surface area contributed by atoms with Gasteiger partial charge in [0.15, 0.2) is 0 Å². The number of alkyl halides is 2. The second kappa shape index (κ2) is 9.61. The van der Waals surface area contributed by atoms with Gasteiger partial charge in [-0.15, -0.1) is 0 Å². The molecule has 0 radical (unpaired) electrons. The number of hydrogen-bond donors (Lipinski definition) is 1. The van der Waals surface area contributed by atoms with Crippen LogP contribution in [0.3, 0.4) is 0 Å². The van der Waals surface area contributed by atoms with E-state index in [1.165, 1.54) is 0 Å². The van der Waals surface area contributed by atoms with Gasteiger partial charge >= 0.3 is 0 Å². The topological polar surface area (TPSA) is 29.5 Å². The summed E-state index contributed by atoms with van der Waals surface area (Å²) in [7, 11) is 0. The molecule has 0 spiro atoms. The van der Waals surface area contributed by atoms with Crippen LogP contribution < -0.4 is 4.74 Å². The molecule has 142 valence electrons. The monoisotopic (exact) mass is 738 g/mol. The summed E-state index contributed by atoms with van der Waals surface area (Å²) in [6.07, 6.45) is 0.828. The Morgan fingerprint density at radius 2 is 1.42 bits per heavy atom. The van der Waals surface area contributed by atoms with Crippen molar-refractivity contribution in [3.05, 3.63) is 53.3 Å². The minimum atomic E-state index is -0.314. The zero-order valence-corrected chi connectivity index (χ0v) is 23.4. The summed E-state index contributed by atoms with van der Waals surface area (Å²) in [4.78, 5) is 0. The van der Waals surface area contributed by atoms with Gasteiger partial charge in [-0.3, -0.25) is 0 Å². The summed E-state index contributed by atoms with van der Waals surface area (Å²) in [6.45, 7) is 4.85. The van der Waals surface area contributed by atoms with E-state index in [0.29, 0.717) is 6.61 Å². The minimum Gasteiger partial charge on any atom is -0.508 e. The molecule has 2 rings (SSSR count). The number of halogens is 6. The van der Waals surface area contributed by atoms with Crippen LogP contribution in [0.2, 0.25) is 0 Å². The van der Waals surface area contributed by atoms with Crippen molar-refractivity contribution in [3.63, 3.8) is 0 Å². The summed E-state index contributed by atoms with van der Waals surface area (Å²) in [5, 5.41) is 9.59. The first kappa shape index (κ1) is 23.2. The lowest BCUT2D eigenvalue weighted by Gasteiger charge is -2.30. The first-order valence-electron chi connectivity index (χ1n) is 7.64. The molecule has 2 nitrogen and oxygen atoms in total. The number of rotatable bonds is 6. The van der Waals surface area contributed by atoms with Crippen molar-refractivity contribution < 1.29 is 9.84 Å². The zero-order chi connectivity index (χ0) is 19.6. The van der Waals surface area contributed by atoms with Crippen LogP contribution in [0.25, 0.3) is 0 Å². The van der Waals surface area contributed by atoms with E-state index >= 15 is 0 Å². The third kappa shape index (κ3) is 5.09. The van der Waals surface area contributed by atoms with Gasteiger partial charge in [-0.25, -0.2) is 0 Å². The van der Waals surface area contributed by atoms with E-state index in [-0.39, 0.29) is 14.9 Å².